The number of allylic oxidation sites excluding steroid dienone is 1. The van der Waals surface area contributed by atoms with Crippen LogP contribution in [0.4, 0.5) is 0 Å². The molecular weight excluding hydrogens is 492 g/mol. The van der Waals surface area contributed by atoms with E-state index in [1.165, 1.54) is 0 Å². The standard InChI is InChI=1S/C17H13Br3O3/c18-11-7-14(19)17(15(20)8-11)22-9-13-4-3-12(23-13)5-6-16(21)10-1-2-10/h3-8,10H,1-2,9H2/b6-5+. The molecule has 1 aliphatic rings. The van der Waals surface area contributed by atoms with Crippen LogP contribution in [-0.2, 0) is 11.4 Å². The Morgan fingerprint density at radius 1 is 1.22 bits per heavy atom. The third kappa shape index (κ3) is 4.58. The lowest BCUT2D eigenvalue weighted by molar-refractivity contribution is -0.115. The summed E-state index contributed by atoms with van der Waals surface area (Å²) in [6.07, 6.45) is 5.34. The van der Waals surface area contributed by atoms with Crippen molar-refractivity contribution in [1.29, 1.82) is 0 Å². The van der Waals surface area contributed by atoms with Crippen LogP contribution in [0.25, 0.3) is 6.08 Å². The minimum Gasteiger partial charge on any atom is -0.483 e. The van der Waals surface area contributed by atoms with Crippen molar-refractivity contribution in [3.63, 3.8) is 0 Å². The van der Waals surface area contributed by atoms with Gasteiger partial charge in [0.15, 0.2) is 5.78 Å². The molecule has 1 aromatic heterocycles. The maximum Gasteiger partial charge on any atom is 0.158 e. The van der Waals surface area contributed by atoms with Crippen molar-refractivity contribution < 1.29 is 13.9 Å². The zero-order valence-corrected chi connectivity index (χ0v) is 16.8. The van der Waals surface area contributed by atoms with Gasteiger partial charge in [0, 0.05) is 10.4 Å². The van der Waals surface area contributed by atoms with Gasteiger partial charge in [-0.25, -0.2) is 0 Å². The first-order chi connectivity index (χ1) is 11.0. The molecule has 0 bridgehead atoms. The number of rotatable bonds is 6. The molecule has 6 heteroatoms. The van der Waals surface area contributed by atoms with Crippen molar-refractivity contribution in [2.75, 3.05) is 0 Å². The molecule has 120 valence electrons. The van der Waals surface area contributed by atoms with Crippen LogP contribution < -0.4 is 4.74 Å². The number of benzene rings is 1. The van der Waals surface area contributed by atoms with Crippen LogP contribution in [0, 0.1) is 5.92 Å². The lowest BCUT2D eigenvalue weighted by Gasteiger charge is -2.09. The van der Waals surface area contributed by atoms with Crippen molar-refractivity contribution in [3.8, 4) is 5.75 Å². The molecule has 0 radical (unpaired) electrons. The number of hydrogen-bond acceptors (Lipinski definition) is 3. The summed E-state index contributed by atoms with van der Waals surface area (Å²) in [5, 5.41) is 0. The van der Waals surface area contributed by atoms with Gasteiger partial charge < -0.3 is 9.15 Å². The second-order valence-corrected chi connectivity index (χ2v) is 7.93. The SMILES string of the molecule is O=C(/C=C/c1ccc(COc2c(Br)cc(Br)cc2Br)o1)C1CC1. The van der Waals surface area contributed by atoms with Gasteiger partial charge in [-0.1, -0.05) is 15.9 Å². The zero-order chi connectivity index (χ0) is 16.4. The Kier molecular flexibility index (Phi) is 5.44. The van der Waals surface area contributed by atoms with Crippen LogP contribution >= 0.6 is 47.8 Å². The third-order valence-corrected chi connectivity index (χ3v) is 5.03. The van der Waals surface area contributed by atoms with E-state index in [0.717, 1.165) is 26.3 Å². The average Bonchev–Trinajstić information content (AvgIpc) is 3.24. The van der Waals surface area contributed by atoms with Crippen LogP contribution in [0.1, 0.15) is 24.4 Å². The highest BCUT2D eigenvalue weighted by Crippen LogP contribution is 2.37. The van der Waals surface area contributed by atoms with Gasteiger partial charge in [0.2, 0.25) is 0 Å². The number of ether oxygens (including phenoxy) is 1. The molecule has 2 aromatic rings. The van der Waals surface area contributed by atoms with Crippen molar-refractivity contribution in [1.82, 2.24) is 0 Å². The Morgan fingerprint density at radius 2 is 1.91 bits per heavy atom. The van der Waals surface area contributed by atoms with Crippen LogP contribution in [0.3, 0.4) is 0 Å². The molecule has 3 nitrogen and oxygen atoms in total. The fourth-order valence-electron chi connectivity index (χ4n) is 2.04. The van der Waals surface area contributed by atoms with Crippen molar-refractivity contribution in [2.45, 2.75) is 19.4 Å². The van der Waals surface area contributed by atoms with Gasteiger partial charge in [0.25, 0.3) is 0 Å². The molecule has 0 atom stereocenters. The van der Waals surface area contributed by atoms with Gasteiger partial charge >= 0.3 is 0 Å². The molecule has 1 saturated carbocycles. The van der Waals surface area contributed by atoms with Crippen LogP contribution in [0.15, 0.2) is 48.2 Å². The summed E-state index contributed by atoms with van der Waals surface area (Å²) in [6.45, 7) is 0.309. The predicted molar refractivity (Wildman–Crippen MR) is 99.3 cm³/mol. The fourth-order valence-corrected chi connectivity index (χ4v) is 4.53. The van der Waals surface area contributed by atoms with Gasteiger partial charge in [-0.2, -0.15) is 0 Å². The van der Waals surface area contributed by atoms with E-state index in [9.17, 15) is 4.79 Å². The van der Waals surface area contributed by atoms with Crippen molar-refractivity contribution in [2.24, 2.45) is 5.92 Å². The molecule has 0 saturated heterocycles. The highest BCUT2D eigenvalue weighted by molar-refractivity contribution is 9.11. The second kappa shape index (κ2) is 7.36. The second-order valence-electron chi connectivity index (χ2n) is 5.30. The first-order valence-corrected chi connectivity index (χ1v) is 9.49. The zero-order valence-electron chi connectivity index (χ0n) is 12.0. The number of hydrogen-bond donors (Lipinski definition) is 0. The number of furan rings is 1. The Labute approximate surface area is 159 Å². The number of carbonyl (C=O) groups is 1. The number of carbonyl (C=O) groups excluding carboxylic acids is 1. The quantitative estimate of drug-likeness (QED) is 0.444. The molecule has 3 rings (SSSR count). The Hall–Kier alpha value is -0.850. The summed E-state index contributed by atoms with van der Waals surface area (Å²) in [5.41, 5.74) is 0. The first-order valence-electron chi connectivity index (χ1n) is 7.11. The fraction of sp³-hybridized carbons (Fsp3) is 0.235. The summed E-state index contributed by atoms with van der Waals surface area (Å²) in [4.78, 5) is 11.6. The Bertz CT molecular complexity index is 737. The molecule has 1 heterocycles. The third-order valence-electron chi connectivity index (χ3n) is 3.40. The maximum atomic E-state index is 11.6. The van der Waals surface area contributed by atoms with E-state index in [4.69, 9.17) is 9.15 Å². The maximum absolute atomic E-state index is 11.6. The highest BCUT2D eigenvalue weighted by atomic mass is 79.9. The molecule has 0 N–H and O–H groups in total. The Balaban J connectivity index is 1.62. The first kappa shape index (κ1) is 17.0. The van der Waals surface area contributed by atoms with E-state index in [2.05, 4.69) is 47.8 Å². The monoisotopic (exact) mass is 502 g/mol. The molecule has 0 amide bonds. The molecule has 1 fully saturated rings. The highest BCUT2D eigenvalue weighted by Gasteiger charge is 2.27. The minimum atomic E-state index is 0.182. The number of halogens is 3. The van der Waals surface area contributed by atoms with E-state index >= 15 is 0 Å². The molecule has 1 aromatic carbocycles. The largest absolute Gasteiger partial charge is 0.483 e. The van der Waals surface area contributed by atoms with Gasteiger partial charge in [-0.15, -0.1) is 0 Å². The smallest absolute Gasteiger partial charge is 0.158 e. The summed E-state index contributed by atoms with van der Waals surface area (Å²) in [7, 11) is 0. The molecule has 1 aliphatic carbocycles. The van der Waals surface area contributed by atoms with Crippen molar-refractivity contribution >= 4 is 59.6 Å². The van der Waals surface area contributed by atoms with E-state index in [-0.39, 0.29) is 11.7 Å². The topological polar surface area (TPSA) is 39.4 Å². The van der Waals surface area contributed by atoms with Gasteiger partial charge in [-0.3, -0.25) is 4.79 Å². The summed E-state index contributed by atoms with van der Waals surface area (Å²) < 4.78 is 14.1. The van der Waals surface area contributed by atoms with E-state index in [1.807, 2.05) is 24.3 Å². The number of ketones is 1. The molecule has 0 aliphatic heterocycles. The average molecular weight is 505 g/mol. The summed E-state index contributed by atoms with van der Waals surface area (Å²) in [5.74, 6) is 2.49. The van der Waals surface area contributed by atoms with Crippen LogP contribution in [0.5, 0.6) is 5.75 Å². The Morgan fingerprint density at radius 3 is 2.57 bits per heavy atom. The minimum absolute atomic E-state index is 0.182. The molecule has 0 unspecified atom stereocenters. The summed E-state index contributed by atoms with van der Waals surface area (Å²) >= 11 is 10.4. The van der Waals surface area contributed by atoms with Gasteiger partial charge in [0.05, 0.1) is 8.95 Å². The summed E-state index contributed by atoms with van der Waals surface area (Å²) in [6, 6.07) is 7.52. The van der Waals surface area contributed by atoms with Gasteiger partial charge in [-0.05, 0) is 81.1 Å². The van der Waals surface area contributed by atoms with Crippen LogP contribution in [0.2, 0.25) is 0 Å². The van der Waals surface area contributed by atoms with Crippen molar-refractivity contribution in [3.05, 3.63) is 55.3 Å². The van der Waals surface area contributed by atoms with E-state index in [1.54, 1.807) is 12.2 Å². The van der Waals surface area contributed by atoms with E-state index in [0.29, 0.717) is 23.9 Å². The molecular formula is C17H13Br3O3. The molecule has 23 heavy (non-hydrogen) atoms. The van der Waals surface area contributed by atoms with Gasteiger partial charge in [0.1, 0.15) is 23.9 Å². The molecule has 0 spiro atoms. The lowest BCUT2D eigenvalue weighted by Crippen LogP contribution is -1.95. The van der Waals surface area contributed by atoms with Crippen LogP contribution in [-0.4, -0.2) is 5.78 Å². The van der Waals surface area contributed by atoms with E-state index < -0.39 is 0 Å². The predicted octanol–water partition coefficient (Wildman–Crippen LogP) is 6.14. The normalized spacial score (nSPS) is 14.4. The lowest BCUT2D eigenvalue weighted by atomic mass is 10.2.